The topological polar surface area (TPSA) is 116 Å². The van der Waals surface area contributed by atoms with Crippen molar-refractivity contribution in [2.24, 2.45) is 0 Å². The molecule has 0 saturated carbocycles. The summed E-state index contributed by atoms with van der Waals surface area (Å²) in [6.45, 7) is 4.76. The highest BCUT2D eigenvalue weighted by atomic mass is 16.5. The number of carbonyl (C=O) groups excluding carboxylic acids is 2. The first kappa shape index (κ1) is 72.3. The number of nitrogens with one attached hydrogen (secondary N) is 1. The zero-order chi connectivity index (χ0) is 53.7. The Bertz CT molecular complexity index is 1170. The summed E-state index contributed by atoms with van der Waals surface area (Å²) in [7, 11) is 0. The van der Waals surface area contributed by atoms with E-state index >= 15 is 0 Å². The SMILES string of the molecule is CCCCC/C=C\C/C=C\CCCCCCCC(=O)OCCCCCCCCCCCCCCCCCCCCCCCCCCCCCC(=O)N[C@@H](CO)[C@H](O)[C@H](O)CCCCCCCCCCCCCCC. The zero-order valence-corrected chi connectivity index (χ0v) is 49.7. The van der Waals surface area contributed by atoms with Crippen molar-refractivity contribution < 1.29 is 29.6 Å². The number of hydrogen-bond acceptors (Lipinski definition) is 6. The number of amides is 1. The van der Waals surface area contributed by atoms with E-state index in [-0.39, 0.29) is 18.5 Å². The molecule has 0 radical (unpaired) electrons. The smallest absolute Gasteiger partial charge is 0.305 e. The van der Waals surface area contributed by atoms with E-state index in [4.69, 9.17) is 4.74 Å². The molecule has 0 rings (SSSR count). The Labute approximate surface area is 461 Å². The van der Waals surface area contributed by atoms with Gasteiger partial charge in [0.2, 0.25) is 5.91 Å². The van der Waals surface area contributed by atoms with Crippen molar-refractivity contribution in [2.75, 3.05) is 13.2 Å². The lowest BCUT2D eigenvalue weighted by molar-refractivity contribution is -0.143. The number of allylic oxidation sites excluding steroid dienone is 4. The van der Waals surface area contributed by atoms with Crippen molar-refractivity contribution in [1.82, 2.24) is 5.32 Å². The van der Waals surface area contributed by atoms with Gasteiger partial charge in [0.15, 0.2) is 0 Å². The lowest BCUT2D eigenvalue weighted by Crippen LogP contribution is -2.50. The van der Waals surface area contributed by atoms with Crippen molar-refractivity contribution in [3.63, 3.8) is 0 Å². The molecule has 0 aliphatic heterocycles. The third-order valence-corrected chi connectivity index (χ3v) is 15.6. The van der Waals surface area contributed by atoms with Gasteiger partial charge in [-0.3, -0.25) is 9.59 Å². The summed E-state index contributed by atoms with van der Waals surface area (Å²) < 4.78 is 5.48. The Kier molecular flexibility index (Phi) is 60.7. The van der Waals surface area contributed by atoms with Crippen LogP contribution in [-0.4, -0.2) is 58.7 Å². The largest absolute Gasteiger partial charge is 0.466 e. The maximum absolute atomic E-state index is 12.5. The molecule has 7 heteroatoms. The number of esters is 1. The van der Waals surface area contributed by atoms with E-state index in [0.717, 1.165) is 64.2 Å². The van der Waals surface area contributed by atoms with Gasteiger partial charge in [-0.25, -0.2) is 0 Å². The standard InChI is InChI=1S/C67H129NO6/c1-3-5-7-9-11-13-15-17-31-36-40-44-48-52-56-60-66(72)74-61-57-53-49-45-41-37-33-30-28-26-24-22-20-18-19-21-23-25-27-29-32-35-39-43-47-51-55-59-65(71)68-63(62-69)67(73)64(70)58-54-50-46-42-38-34-16-14-12-10-8-6-4-2/h11,13,17,31,63-64,67,69-70,73H,3-10,12,14-16,18-30,32-62H2,1-2H3,(H,68,71)/b13-11-,31-17-/t63-,64+,67-/m0/s1. The van der Waals surface area contributed by atoms with E-state index in [1.807, 2.05) is 0 Å². The van der Waals surface area contributed by atoms with E-state index in [1.165, 1.54) is 263 Å². The fourth-order valence-electron chi connectivity index (χ4n) is 10.5. The van der Waals surface area contributed by atoms with Crippen LogP contribution < -0.4 is 5.32 Å². The molecule has 0 saturated heterocycles. The van der Waals surface area contributed by atoms with Crippen molar-refractivity contribution in [3.05, 3.63) is 24.3 Å². The summed E-state index contributed by atoms with van der Waals surface area (Å²) >= 11 is 0. The van der Waals surface area contributed by atoms with Crippen LogP contribution in [0.15, 0.2) is 24.3 Å². The molecule has 0 heterocycles. The molecule has 0 aromatic carbocycles. The predicted molar refractivity (Wildman–Crippen MR) is 321 cm³/mol. The predicted octanol–water partition coefficient (Wildman–Crippen LogP) is 19.9. The van der Waals surface area contributed by atoms with Crippen molar-refractivity contribution in [2.45, 2.75) is 379 Å². The number of unbranched alkanes of at least 4 members (excludes halogenated alkanes) is 46. The van der Waals surface area contributed by atoms with Gasteiger partial charge in [0, 0.05) is 12.8 Å². The van der Waals surface area contributed by atoms with Crippen LogP contribution in [0, 0.1) is 0 Å². The first-order valence-corrected chi connectivity index (χ1v) is 33.2. The maximum atomic E-state index is 12.5. The van der Waals surface area contributed by atoms with Gasteiger partial charge in [0.1, 0.15) is 6.10 Å². The number of aliphatic hydroxyl groups is 3. The highest BCUT2D eigenvalue weighted by Crippen LogP contribution is 2.19. The van der Waals surface area contributed by atoms with Crippen LogP contribution in [0.3, 0.4) is 0 Å². The van der Waals surface area contributed by atoms with Gasteiger partial charge in [0.25, 0.3) is 0 Å². The lowest BCUT2D eigenvalue weighted by atomic mass is 9.99. The average Bonchev–Trinajstić information content (AvgIpc) is 3.40. The second-order valence-electron chi connectivity index (χ2n) is 22.9. The van der Waals surface area contributed by atoms with Gasteiger partial charge in [-0.2, -0.15) is 0 Å². The molecule has 7 nitrogen and oxygen atoms in total. The van der Waals surface area contributed by atoms with Crippen molar-refractivity contribution in [3.8, 4) is 0 Å². The average molecular weight is 1040 g/mol. The van der Waals surface area contributed by atoms with Crippen LogP contribution in [0.25, 0.3) is 0 Å². The molecular weight excluding hydrogens is 915 g/mol. The third-order valence-electron chi connectivity index (χ3n) is 15.6. The molecule has 0 spiro atoms. The summed E-state index contributed by atoms with van der Waals surface area (Å²) in [6, 6.07) is -0.812. The molecule has 3 atom stereocenters. The second-order valence-corrected chi connectivity index (χ2v) is 22.9. The fraction of sp³-hybridized carbons (Fsp3) is 0.910. The zero-order valence-electron chi connectivity index (χ0n) is 49.7. The van der Waals surface area contributed by atoms with Gasteiger partial charge >= 0.3 is 5.97 Å². The number of rotatable bonds is 62. The molecule has 438 valence electrons. The summed E-state index contributed by atoms with van der Waals surface area (Å²) in [5.74, 6) is -0.142. The minimum absolute atomic E-state index is 0.00144. The molecule has 1 amide bonds. The van der Waals surface area contributed by atoms with Crippen LogP contribution in [0.2, 0.25) is 0 Å². The normalized spacial score (nSPS) is 13.1. The van der Waals surface area contributed by atoms with E-state index in [2.05, 4.69) is 43.5 Å². The van der Waals surface area contributed by atoms with Crippen LogP contribution in [0.1, 0.15) is 361 Å². The van der Waals surface area contributed by atoms with E-state index in [0.29, 0.717) is 25.9 Å². The molecule has 0 aromatic heterocycles. The number of ether oxygens (including phenoxy) is 1. The van der Waals surface area contributed by atoms with Gasteiger partial charge in [0.05, 0.1) is 25.4 Å². The van der Waals surface area contributed by atoms with Gasteiger partial charge in [-0.15, -0.1) is 0 Å². The van der Waals surface area contributed by atoms with Gasteiger partial charge in [-0.05, 0) is 57.8 Å². The van der Waals surface area contributed by atoms with Gasteiger partial charge in [-0.1, -0.05) is 314 Å². The fourth-order valence-corrected chi connectivity index (χ4v) is 10.5. The summed E-state index contributed by atoms with van der Waals surface area (Å²) in [5.41, 5.74) is 0. The first-order valence-electron chi connectivity index (χ1n) is 33.2. The Balaban J connectivity index is 3.39. The third kappa shape index (κ3) is 56.5. The highest BCUT2D eigenvalue weighted by Gasteiger charge is 2.27. The van der Waals surface area contributed by atoms with Crippen LogP contribution in [-0.2, 0) is 14.3 Å². The number of hydrogen-bond donors (Lipinski definition) is 4. The summed E-state index contributed by atoms with van der Waals surface area (Å²) in [5, 5.41) is 33.7. The molecule has 0 bridgehead atoms. The molecule has 74 heavy (non-hydrogen) atoms. The van der Waals surface area contributed by atoms with E-state index < -0.39 is 18.2 Å². The van der Waals surface area contributed by atoms with Crippen LogP contribution in [0.4, 0.5) is 0 Å². The van der Waals surface area contributed by atoms with E-state index in [9.17, 15) is 24.9 Å². The second kappa shape index (κ2) is 62.1. The Hall–Kier alpha value is -1.70. The lowest BCUT2D eigenvalue weighted by Gasteiger charge is -2.26. The highest BCUT2D eigenvalue weighted by molar-refractivity contribution is 5.76. The molecule has 0 aliphatic carbocycles. The molecular formula is C67H129NO6. The van der Waals surface area contributed by atoms with Crippen LogP contribution in [0.5, 0.6) is 0 Å². The number of carbonyl (C=O) groups is 2. The summed E-state index contributed by atoms with van der Waals surface area (Å²) in [6.07, 6.45) is 73.8. The summed E-state index contributed by atoms with van der Waals surface area (Å²) in [4.78, 5) is 24.6. The first-order chi connectivity index (χ1) is 36.5. The molecule has 0 fully saturated rings. The van der Waals surface area contributed by atoms with Crippen molar-refractivity contribution >= 4 is 11.9 Å². The molecule has 0 unspecified atom stereocenters. The van der Waals surface area contributed by atoms with Crippen molar-refractivity contribution in [1.29, 1.82) is 0 Å². The molecule has 4 N–H and O–H groups in total. The molecule has 0 aromatic rings. The molecule has 0 aliphatic rings. The minimum atomic E-state index is -1.14. The Morgan fingerprint density at radius 2 is 0.703 bits per heavy atom. The van der Waals surface area contributed by atoms with Gasteiger partial charge < -0.3 is 25.4 Å². The number of aliphatic hydroxyl groups excluding tert-OH is 3. The van der Waals surface area contributed by atoms with E-state index in [1.54, 1.807) is 0 Å². The quantitative estimate of drug-likeness (QED) is 0.0274. The minimum Gasteiger partial charge on any atom is -0.466 e. The Morgan fingerprint density at radius 1 is 0.392 bits per heavy atom. The maximum Gasteiger partial charge on any atom is 0.305 e. The monoisotopic (exact) mass is 1040 g/mol. The van der Waals surface area contributed by atoms with Crippen LogP contribution >= 0.6 is 0 Å². The Morgan fingerprint density at radius 3 is 1.09 bits per heavy atom.